The van der Waals surface area contributed by atoms with Gasteiger partial charge >= 0.3 is 49.6 Å². The Labute approximate surface area is 189 Å². The average molecular weight is 501 g/mol. The van der Waals surface area contributed by atoms with E-state index in [1.54, 1.807) is 24.2 Å². The summed E-state index contributed by atoms with van der Waals surface area (Å²) in [6.07, 6.45) is 0. The van der Waals surface area contributed by atoms with Gasteiger partial charge in [0.15, 0.2) is 0 Å². The number of hydrogen-bond donors (Lipinski definition) is 0. The average Bonchev–Trinajstić information content (AvgIpc) is 3.24. The molecule has 0 unspecified atom stereocenters. The van der Waals surface area contributed by atoms with Gasteiger partial charge in [-0.15, -0.1) is 84.1 Å². The maximum atomic E-state index is 8.40. The Morgan fingerprint density at radius 1 is 0.741 bits per heavy atom. The quantitative estimate of drug-likeness (QED) is 0.191. The topological polar surface area (TPSA) is 34.1 Å². The molecule has 0 aliphatic rings. The van der Waals surface area contributed by atoms with Gasteiger partial charge in [-0.1, -0.05) is 12.1 Å². The van der Waals surface area contributed by atoms with Crippen LogP contribution in [0.25, 0.3) is 21.5 Å². The zero-order chi connectivity index (χ0) is 18.5. The minimum absolute atomic E-state index is 0. The first-order valence-electron chi connectivity index (χ1n) is 7.80. The molecule has 27 heavy (non-hydrogen) atoms. The predicted octanol–water partition coefficient (Wildman–Crippen LogP) is 7.06. The van der Waals surface area contributed by atoms with Gasteiger partial charge in [-0.25, -0.2) is 9.13 Å². The van der Waals surface area contributed by atoms with Crippen LogP contribution >= 0.6 is 33.2 Å². The van der Waals surface area contributed by atoms with Gasteiger partial charge in [0.1, 0.15) is 0 Å². The molecule has 4 aromatic rings. The first-order valence-corrected chi connectivity index (χ1v) is 9.85. The van der Waals surface area contributed by atoms with Crippen LogP contribution in [0.5, 0.6) is 0 Å². The van der Waals surface area contributed by atoms with Gasteiger partial charge < -0.3 is 0 Å². The SMILES string of the molecule is C[C](C)=[Zr+2].Cl.Cl.O=[PH]=O.c1ccc2[cH-]ccc2c1.c1ccc2[cH-]ccc2c1. The molecule has 0 bridgehead atoms. The normalized spacial score (nSPS) is 8.30. The van der Waals surface area contributed by atoms with Gasteiger partial charge in [0.2, 0.25) is 0 Å². The summed E-state index contributed by atoms with van der Waals surface area (Å²) in [4.78, 5) is 0. The molecule has 4 aromatic carbocycles. The van der Waals surface area contributed by atoms with E-state index in [2.05, 4.69) is 98.8 Å². The van der Waals surface area contributed by atoms with Crippen LogP contribution in [-0.2, 0) is 33.4 Å². The number of halogens is 2. The standard InChI is InChI=1S/2C9H7.C3H6.2ClH.HO2P.Zr/c2*1-2-5-9-7-3-6-8(9)4-1;1-3-2;;;1-3-2;/h2*1-7H;1-2H3;2*1H;3H;/q2*-1;;;;;+2. The Kier molecular flexibility index (Phi) is 17.7. The fraction of sp³-hybridized carbons (Fsp3) is 0.0952. The van der Waals surface area contributed by atoms with Crippen molar-refractivity contribution in [2.75, 3.05) is 0 Å². The summed E-state index contributed by atoms with van der Waals surface area (Å²) in [5.74, 6) is 0. The first-order chi connectivity index (χ1) is 12.1. The maximum Gasteiger partial charge on any atom is 0.303 e. The molecule has 0 saturated heterocycles. The molecule has 0 aromatic heterocycles. The summed E-state index contributed by atoms with van der Waals surface area (Å²) in [5.41, 5.74) is 0. The molecule has 0 aliphatic heterocycles. The van der Waals surface area contributed by atoms with Crippen molar-refractivity contribution in [3.8, 4) is 0 Å². The molecular weight excluding hydrogens is 477 g/mol. The fourth-order valence-corrected chi connectivity index (χ4v) is 2.14. The molecule has 0 radical (unpaired) electrons. The fourth-order valence-electron chi connectivity index (χ4n) is 2.14. The number of benzene rings is 2. The second-order valence-corrected chi connectivity index (χ2v) is 8.02. The first kappa shape index (κ1) is 28.1. The van der Waals surface area contributed by atoms with Gasteiger partial charge in [0.25, 0.3) is 0 Å². The van der Waals surface area contributed by atoms with Crippen LogP contribution in [0.2, 0.25) is 0 Å². The van der Waals surface area contributed by atoms with E-state index >= 15 is 0 Å². The van der Waals surface area contributed by atoms with E-state index < -0.39 is 8.34 Å². The van der Waals surface area contributed by atoms with Crippen LogP contribution in [-0.4, -0.2) is 3.21 Å². The molecule has 6 heteroatoms. The van der Waals surface area contributed by atoms with Crippen molar-refractivity contribution in [1.29, 1.82) is 0 Å². The Hall–Kier alpha value is -1.11. The third-order valence-corrected chi connectivity index (χ3v) is 3.10. The predicted molar refractivity (Wildman–Crippen MR) is 120 cm³/mol. The number of fused-ring (bicyclic) bond motifs is 2. The zero-order valence-corrected chi connectivity index (χ0v) is 20.3. The third kappa shape index (κ3) is 12.1. The molecule has 2 nitrogen and oxygen atoms in total. The third-order valence-electron chi connectivity index (χ3n) is 3.10. The molecule has 0 aliphatic carbocycles. The summed E-state index contributed by atoms with van der Waals surface area (Å²) in [6.45, 7) is 4.25. The van der Waals surface area contributed by atoms with Gasteiger partial charge in [-0.2, -0.15) is 35.0 Å². The van der Waals surface area contributed by atoms with Crippen LogP contribution in [0, 0.1) is 0 Å². The van der Waals surface area contributed by atoms with Crippen molar-refractivity contribution >= 4 is 57.9 Å². The van der Waals surface area contributed by atoms with Crippen molar-refractivity contribution in [3.05, 3.63) is 84.9 Å². The van der Waals surface area contributed by atoms with Crippen molar-refractivity contribution in [1.82, 2.24) is 0 Å². The van der Waals surface area contributed by atoms with E-state index in [9.17, 15) is 0 Å². The molecule has 0 amide bonds. The summed E-state index contributed by atoms with van der Waals surface area (Å²) in [7, 11) is -1.42. The largest absolute Gasteiger partial charge is 0.303 e. The molecule has 0 heterocycles. The molecule has 0 saturated carbocycles. The Bertz CT molecular complexity index is 811. The van der Waals surface area contributed by atoms with E-state index in [4.69, 9.17) is 9.13 Å². The van der Waals surface area contributed by atoms with Crippen molar-refractivity contribution in [2.24, 2.45) is 0 Å². The molecular formula is C21H23Cl2O2PZr. The van der Waals surface area contributed by atoms with E-state index in [1.807, 2.05) is 0 Å². The van der Waals surface area contributed by atoms with Crippen LogP contribution in [0.15, 0.2) is 84.9 Å². The summed E-state index contributed by atoms with van der Waals surface area (Å²) >= 11 is 1.55. The van der Waals surface area contributed by atoms with Crippen LogP contribution in [0.3, 0.4) is 0 Å². The van der Waals surface area contributed by atoms with Gasteiger partial charge in [-0.3, -0.25) is 0 Å². The summed E-state index contributed by atoms with van der Waals surface area (Å²) in [6, 6.07) is 29.3. The molecule has 0 N–H and O–H groups in total. The smallest absolute Gasteiger partial charge is 0.241 e. The second-order valence-electron chi connectivity index (χ2n) is 5.39. The van der Waals surface area contributed by atoms with E-state index in [-0.39, 0.29) is 24.8 Å². The van der Waals surface area contributed by atoms with Gasteiger partial charge in [0.05, 0.1) is 0 Å². The minimum atomic E-state index is -1.42. The van der Waals surface area contributed by atoms with E-state index in [0.717, 1.165) is 0 Å². The Morgan fingerprint density at radius 2 is 1.04 bits per heavy atom. The molecule has 142 valence electrons. The van der Waals surface area contributed by atoms with Crippen molar-refractivity contribution < 1.29 is 33.4 Å². The van der Waals surface area contributed by atoms with Crippen molar-refractivity contribution in [3.63, 3.8) is 0 Å². The summed E-state index contributed by atoms with van der Waals surface area (Å²) < 4.78 is 18.3. The van der Waals surface area contributed by atoms with Crippen LogP contribution in [0.1, 0.15) is 13.8 Å². The number of hydrogen-bond acceptors (Lipinski definition) is 2. The Morgan fingerprint density at radius 3 is 1.33 bits per heavy atom. The molecule has 0 spiro atoms. The van der Waals surface area contributed by atoms with Gasteiger partial charge in [-0.05, 0) is 0 Å². The van der Waals surface area contributed by atoms with Gasteiger partial charge in [0, 0.05) is 0 Å². The molecule has 0 fully saturated rings. The monoisotopic (exact) mass is 498 g/mol. The van der Waals surface area contributed by atoms with Crippen LogP contribution in [0.4, 0.5) is 0 Å². The summed E-state index contributed by atoms with van der Waals surface area (Å²) in [5, 5.41) is 5.32. The molecule has 0 atom stereocenters. The van der Waals surface area contributed by atoms with E-state index in [0.29, 0.717) is 0 Å². The van der Waals surface area contributed by atoms with E-state index in [1.165, 1.54) is 24.8 Å². The van der Waals surface area contributed by atoms with Crippen molar-refractivity contribution in [2.45, 2.75) is 13.8 Å². The second kappa shape index (κ2) is 17.0. The number of rotatable bonds is 0. The maximum absolute atomic E-state index is 8.40. The minimum Gasteiger partial charge on any atom is -0.241 e. The van der Waals surface area contributed by atoms with Crippen LogP contribution < -0.4 is 0 Å². The molecule has 4 rings (SSSR count). The Balaban J connectivity index is 0. The zero-order valence-electron chi connectivity index (χ0n) is 15.2.